The monoisotopic (exact) mass is 355 g/mol. The van der Waals surface area contributed by atoms with Crippen LogP contribution in [0.2, 0.25) is 5.02 Å². The Labute approximate surface area is 133 Å². The molecule has 1 heterocycles. The summed E-state index contributed by atoms with van der Waals surface area (Å²) < 4.78 is 46.5. The Morgan fingerprint density at radius 2 is 2.10 bits per heavy atom. The van der Waals surface area contributed by atoms with E-state index in [2.05, 4.69) is 0 Å². The lowest BCUT2D eigenvalue weighted by molar-refractivity contribution is -0.00779. The third-order valence-corrected chi connectivity index (χ3v) is 5.98. The standard InChI is InChI=1S/C13H16Cl2FNO3S/c1-13(2)8-20-4-3-17(13)21(18,19)11-6-10(15)5-9(7-14)12(11)16/h5-6H,3-4,7-8H2,1-2H3. The molecule has 4 nitrogen and oxygen atoms in total. The lowest BCUT2D eigenvalue weighted by Gasteiger charge is -2.40. The van der Waals surface area contributed by atoms with Gasteiger partial charge in [-0.15, -0.1) is 11.6 Å². The minimum atomic E-state index is -4.02. The predicted molar refractivity (Wildman–Crippen MR) is 79.8 cm³/mol. The Hall–Kier alpha value is -0.400. The Morgan fingerprint density at radius 1 is 1.43 bits per heavy atom. The van der Waals surface area contributed by atoms with Gasteiger partial charge in [-0.3, -0.25) is 0 Å². The number of ether oxygens (including phenoxy) is 1. The zero-order chi connectivity index (χ0) is 15.8. The molecule has 1 saturated heterocycles. The van der Waals surface area contributed by atoms with Crippen LogP contribution in [0.3, 0.4) is 0 Å². The number of alkyl halides is 1. The van der Waals surface area contributed by atoms with E-state index in [4.69, 9.17) is 27.9 Å². The van der Waals surface area contributed by atoms with Crippen LogP contribution in [-0.4, -0.2) is 38.0 Å². The first kappa shape index (κ1) is 17.0. The summed E-state index contributed by atoms with van der Waals surface area (Å²) in [5.74, 6) is -1.00. The molecule has 1 fully saturated rings. The normalized spacial score (nSPS) is 19.7. The zero-order valence-electron chi connectivity index (χ0n) is 11.7. The first-order valence-corrected chi connectivity index (χ1v) is 8.70. The molecule has 8 heteroatoms. The molecule has 0 spiro atoms. The summed E-state index contributed by atoms with van der Waals surface area (Å²) in [6, 6.07) is 2.45. The highest BCUT2D eigenvalue weighted by atomic mass is 35.5. The van der Waals surface area contributed by atoms with Crippen molar-refractivity contribution in [3.8, 4) is 0 Å². The van der Waals surface area contributed by atoms with Crippen LogP contribution in [0, 0.1) is 5.82 Å². The van der Waals surface area contributed by atoms with Crippen molar-refractivity contribution in [2.75, 3.05) is 19.8 Å². The van der Waals surface area contributed by atoms with Crippen molar-refractivity contribution in [2.45, 2.75) is 30.2 Å². The minimum Gasteiger partial charge on any atom is -0.378 e. The Kier molecular flexibility index (Phi) is 4.85. The molecule has 0 atom stereocenters. The molecule has 21 heavy (non-hydrogen) atoms. The number of sulfonamides is 1. The van der Waals surface area contributed by atoms with Gasteiger partial charge in [0, 0.05) is 17.1 Å². The number of halogens is 3. The maximum atomic E-state index is 14.4. The van der Waals surface area contributed by atoms with Crippen LogP contribution in [-0.2, 0) is 20.6 Å². The van der Waals surface area contributed by atoms with Crippen LogP contribution in [0.1, 0.15) is 19.4 Å². The Balaban J connectivity index is 2.56. The van der Waals surface area contributed by atoms with Crippen molar-refractivity contribution in [2.24, 2.45) is 0 Å². The summed E-state index contributed by atoms with van der Waals surface area (Å²) in [5.41, 5.74) is -0.693. The van der Waals surface area contributed by atoms with Gasteiger partial charge >= 0.3 is 0 Å². The average Bonchev–Trinajstić information content (AvgIpc) is 2.40. The molecular formula is C13H16Cl2FNO3S. The second kappa shape index (κ2) is 6.01. The van der Waals surface area contributed by atoms with Crippen molar-refractivity contribution in [3.05, 3.63) is 28.5 Å². The van der Waals surface area contributed by atoms with Crippen LogP contribution < -0.4 is 0 Å². The summed E-state index contributed by atoms with van der Waals surface area (Å²) in [4.78, 5) is -0.444. The second-order valence-corrected chi connectivity index (χ2v) is 7.99. The molecule has 1 aliphatic heterocycles. The van der Waals surface area contributed by atoms with Crippen LogP contribution in [0.4, 0.5) is 4.39 Å². The number of nitrogens with zero attached hydrogens (tertiary/aromatic N) is 1. The van der Waals surface area contributed by atoms with Gasteiger partial charge in [0.05, 0.1) is 24.6 Å². The summed E-state index contributed by atoms with van der Waals surface area (Å²) in [5, 5.41) is 0.136. The van der Waals surface area contributed by atoms with Crippen LogP contribution in [0.5, 0.6) is 0 Å². The predicted octanol–water partition coefficient (Wildman–Crippen LogP) is 3.02. The van der Waals surface area contributed by atoms with Gasteiger partial charge < -0.3 is 4.74 Å². The number of benzene rings is 1. The fraction of sp³-hybridized carbons (Fsp3) is 0.538. The van der Waals surface area contributed by atoms with Crippen molar-refractivity contribution in [1.29, 1.82) is 0 Å². The van der Waals surface area contributed by atoms with E-state index in [9.17, 15) is 12.8 Å². The summed E-state index contributed by atoms with van der Waals surface area (Å²) >= 11 is 11.5. The summed E-state index contributed by atoms with van der Waals surface area (Å²) in [6.07, 6.45) is 0. The van der Waals surface area contributed by atoms with Crippen molar-refractivity contribution < 1.29 is 17.5 Å². The molecule has 0 amide bonds. The van der Waals surface area contributed by atoms with Gasteiger partial charge in [-0.05, 0) is 26.0 Å². The van der Waals surface area contributed by atoms with Gasteiger partial charge in [-0.2, -0.15) is 4.31 Å². The van der Waals surface area contributed by atoms with Crippen molar-refractivity contribution in [1.82, 2.24) is 4.31 Å². The van der Waals surface area contributed by atoms with E-state index in [0.717, 1.165) is 6.07 Å². The molecular weight excluding hydrogens is 340 g/mol. The lowest BCUT2D eigenvalue weighted by Crippen LogP contribution is -2.55. The Bertz CT molecular complexity index is 649. The number of hydrogen-bond donors (Lipinski definition) is 0. The third kappa shape index (κ3) is 3.19. The van der Waals surface area contributed by atoms with E-state index in [1.807, 2.05) is 0 Å². The molecule has 0 N–H and O–H groups in total. The van der Waals surface area contributed by atoms with Crippen LogP contribution >= 0.6 is 23.2 Å². The topological polar surface area (TPSA) is 46.6 Å². The first-order valence-electron chi connectivity index (χ1n) is 6.34. The highest BCUT2D eigenvalue weighted by molar-refractivity contribution is 7.89. The fourth-order valence-electron chi connectivity index (χ4n) is 2.31. The third-order valence-electron chi connectivity index (χ3n) is 3.36. The smallest absolute Gasteiger partial charge is 0.246 e. The SMILES string of the molecule is CC1(C)COCCN1S(=O)(=O)c1cc(Cl)cc(CCl)c1F. The average molecular weight is 356 g/mol. The molecule has 0 aromatic heterocycles. The van der Waals surface area contributed by atoms with Gasteiger partial charge in [0.25, 0.3) is 0 Å². The maximum absolute atomic E-state index is 14.4. The molecule has 1 aromatic carbocycles. The second-order valence-electron chi connectivity index (χ2n) is 5.45. The van der Waals surface area contributed by atoms with Crippen LogP contribution in [0.25, 0.3) is 0 Å². The van der Waals surface area contributed by atoms with Gasteiger partial charge in [-0.25, -0.2) is 12.8 Å². The van der Waals surface area contributed by atoms with E-state index in [-0.39, 0.29) is 36.2 Å². The van der Waals surface area contributed by atoms with Gasteiger partial charge in [0.2, 0.25) is 10.0 Å². The molecule has 2 rings (SSSR count). The molecule has 0 unspecified atom stereocenters. The highest BCUT2D eigenvalue weighted by Crippen LogP contribution is 2.32. The molecule has 0 radical (unpaired) electrons. The lowest BCUT2D eigenvalue weighted by atomic mass is 10.1. The fourth-order valence-corrected chi connectivity index (χ4v) is 4.70. The maximum Gasteiger partial charge on any atom is 0.246 e. The van der Waals surface area contributed by atoms with Crippen molar-refractivity contribution >= 4 is 33.2 Å². The molecule has 0 saturated carbocycles. The van der Waals surface area contributed by atoms with E-state index >= 15 is 0 Å². The number of hydrogen-bond acceptors (Lipinski definition) is 3. The molecule has 0 bridgehead atoms. The summed E-state index contributed by atoms with van der Waals surface area (Å²) in [7, 11) is -4.02. The summed E-state index contributed by atoms with van der Waals surface area (Å²) in [6.45, 7) is 4.14. The number of rotatable bonds is 3. The highest BCUT2D eigenvalue weighted by Gasteiger charge is 2.41. The van der Waals surface area contributed by atoms with E-state index in [1.54, 1.807) is 13.8 Å². The molecule has 1 aromatic rings. The largest absolute Gasteiger partial charge is 0.378 e. The molecule has 1 aliphatic rings. The zero-order valence-corrected chi connectivity index (χ0v) is 14.0. The van der Waals surface area contributed by atoms with Crippen molar-refractivity contribution in [3.63, 3.8) is 0 Å². The quantitative estimate of drug-likeness (QED) is 0.783. The van der Waals surface area contributed by atoms with Crippen LogP contribution in [0.15, 0.2) is 17.0 Å². The minimum absolute atomic E-state index is 0.0637. The van der Waals surface area contributed by atoms with Gasteiger partial charge in [0.15, 0.2) is 0 Å². The van der Waals surface area contributed by atoms with E-state index in [1.165, 1.54) is 10.4 Å². The van der Waals surface area contributed by atoms with Gasteiger partial charge in [0.1, 0.15) is 10.7 Å². The van der Waals surface area contributed by atoms with E-state index in [0.29, 0.717) is 0 Å². The van der Waals surface area contributed by atoms with Gasteiger partial charge in [-0.1, -0.05) is 11.6 Å². The molecule has 118 valence electrons. The Morgan fingerprint density at radius 3 is 2.67 bits per heavy atom. The first-order chi connectivity index (χ1) is 9.70. The number of morpholine rings is 1. The molecule has 0 aliphatic carbocycles. The van der Waals surface area contributed by atoms with E-state index < -0.39 is 26.3 Å².